The normalized spacial score (nSPS) is 37.4. The van der Waals surface area contributed by atoms with Gasteiger partial charge in [0.15, 0.2) is 5.78 Å². The largest absolute Gasteiger partial charge is 0.381 e. The number of fused-ring (bicyclic) bond motifs is 1. The summed E-state index contributed by atoms with van der Waals surface area (Å²) in [4.78, 5) is 16.7. The molecule has 6 rings (SSSR count). The van der Waals surface area contributed by atoms with Gasteiger partial charge in [0, 0.05) is 31.3 Å². The molecule has 0 spiro atoms. The molecule has 0 aliphatic heterocycles. The highest BCUT2D eigenvalue weighted by atomic mass is 16.5. The number of Topliss-reactive ketones (excluding diaryl/α,β-unsaturated/α-hetero) is 1. The van der Waals surface area contributed by atoms with Gasteiger partial charge >= 0.3 is 0 Å². The summed E-state index contributed by atoms with van der Waals surface area (Å²) in [6.07, 6.45) is 13.1. The molecular formula is C21H26N2O2. The van der Waals surface area contributed by atoms with Gasteiger partial charge in [-0.2, -0.15) is 0 Å². The lowest BCUT2D eigenvalue weighted by Crippen LogP contribution is -2.59. The average molecular weight is 338 g/mol. The van der Waals surface area contributed by atoms with Crippen molar-refractivity contribution in [3.8, 4) is 0 Å². The lowest BCUT2D eigenvalue weighted by atomic mass is 9.52. The fraction of sp³-hybridized carbons (Fsp3) is 0.619. The highest BCUT2D eigenvalue weighted by molar-refractivity contribution is 6.01. The highest BCUT2D eigenvalue weighted by Crippen LogP contribution is 2.57. The Morgan fingerprint density at radius 1 is 1.28 bits per heavy atom. The number of allylic oxidation sites excluding steroid dienone is 1. The highest BCUT2D eigenvalue weighted by Gasteiger charge is 2.55. The number of ketones is 1. The summed E-state index contributed by atoms with van der Waals surface area (Å²) in [6.45, 7) is 1.64. The van der Waals surface area contributed by atoms with E-state index in [9.17, 15) is 4.79 Å². The molecule has 25 heavy (non-hydrogen) atoms. The molecule has 0 amide bonds. The van der Waals surface area contributed by atoms with Gasteiger partial charge in [-0.15, -0.1) is 0 Å². The Balaban J connectivity index is 1.50. The summed E-state index contributed by atoms with van der Waals surface area (Å²) in [6, 6.07) is 0.457. The Morgan fingerprint density at radius 2 is 2.04 bits per heavy atom. The number of nitrogens with one attached hydrogen (secondary N) is 1. The van der Waals surface area contributed by atoms with Crippen molar-refractivity contribution in [1.82, 2.24) is 4.98 Å². The third kappa shape index (κ3) is 2.30. The van der Waals surface area contributed by atoms with E-state index < -0.39 is 0 Å². The Bertz CT molecular complexity index is 753. The van der Waals surface area contributed by atoms with Crippen LogP contribution in [0.25, 0.3) is 6.08 Å². The van der Waals surface area contributed by atoms with E-state index >= 15 is 0 Å². The lowest BCUT2D eigenvalue weighted by Gasteiger charge is -2.59. The third-order valence-electron chi connectivity index (χ3n) is 7.14. The van der Waals surface area contributed by atoms with Crippen LogP contribution in [-0.2, 0) is 11.2 Å². The summed E-state index contributed by atoms with van der Waals surface area (Å²) in [5.41, 5.74) is 4.10. The van der Waals surface area contributed by atoms with Crippen molar-refractivity contribution in [2.24, 2.45) is 17.8 Å². The number of pyridine rings is 1. The molecule has 5 aliphatic carbocycles. The molecule has 4 fully saturated rings. The number of ether oxygens (including phenoxy) is 1. The molecule has 1 aromatic heterocycles. The first-order chi connectivity index (χ1) is 12.1. The van der Waals surface area contributed by atoms with Crippen molar-refractivity contribution in [2.45, 2.75) is 57.1 Å². The van der Waals surface area contributed by atoms with Crippen LogP contribution >= 0.6 is 0 Å². The van der Waals surface area contributed by atoms with Crippen LogP contribution in [0, 0.1) is 17.8 Å². The van der Waals surface area contributed by atoms with Crippen LogP contribution in [0.4, 0.5) is 5.69 Å². The Labute approximate surface area is 149 Å². The van der Waals surface area contributed by atoms with Gasteiger partial charge in [-0.1, -0.05) is 12.2 Å². The minimum Gasteiger partial charge on any atom is -0.381 e. The molecule has 0 radical (unpaired) electrons. The molecule has 4 bridgehead atoms. The van der Waals surface area contributed by atoms with Crippen molar-refractivity contribution in [1.29, 1.82) is 0 Å². The van der Waals surface area contributed by atoms with E-state index in [4.69, 9.17) is 4.74 Å². The molecule has 0 saturated heterocycles. The molecule has 1 heterocycles. The van der Waals surface area contributed by atoms with E-state index in [1.165, 1.54) is 19.3 Å². The quantitative estimate of drug-likeness (QED) is 0.847. The molecule has 5 aliphatic rings. The number of carbonyl (C=O) groups is 1. The van der Waals surface area contributed by atoms with E-state index in [-0.39, 0.29) is 11.4 Å². The van der Waals surface area contributed by atoms with E-state index in [1.807, 2.05) is 7.11 Å². The smallest absolute Gasteiger partial charge is 0.163 e. The first-order valence-corrected chi connectivity index (χ1v) is 9.59. The molecule has 4 saturated carbocycles. The predicted molar refractivity (Wildman–Crippen MR) is 97.7 cm³/mol. The third-order valence-corrected chi connectivity index (χ3v) is 7.14. The van der Waals surface area contributed by atoms with Crippen LogP contribution in [-0.4, -0.2) is 29.5 Å². The second kappa shape index (κ2) is 5.41. The van der Waals surface area contributed by atoms with Gasteiger partial charge in [0.2, 0.25) is 0 Å². The summed E-state index contributed by atoms with van der Waals surface area (Å²) >= 11 is 0. The minimum absolute atomic E-state index is 0.0928. The summed E-state index contributed by atoms with van der Waals surface area (Å²) in [5, 5.41) is 3.85. The standard InChI is InChI=1S/C21H26N2O2/c1-12(24)17-11-22-18-5-3-4-16(18)20(17)23-19-14-6-13-7-15(19)10-21(8-13,9-14)25-2/h3-4,11,13-15,19H,5-10H2,1-2H3,(H,22,23)/t13?,14-,15+,19?,21?. The predicted octanol–water partition coefficient (Wildman–Crippen LogP) is 3.86. The second-order valence-electron chi connectivity index (χ2n) is 8.60. The van der Waals surface area contributed by atoms with Crippen LogP contribution in [0.2, 0.25) is 0 Å². The fourth-order valence-corrected chi connectivity index (χ4v) is 6.22. The number of carbonyl (C=O) groups excluding carboxylic acids is 1. The van der Waals surface area contributed by atoms with Gasteiger partial charge in [-0.25, -0.2) is 0 Å². The second-order valence-corrected chi connectivity index (χ2v) is 8.60. The van der Waals surface area contributed by atoms with Gasteiger partial charge in [0.1, 0.15) is 0 Å². The molecule has 4 heteroatoms. The number of nitrogens with zero attached hydrogens (tertiary/aromatic N) is 1. The van der Waals surface area contributed by atoms with E-state index in [0.29, 0.717) is 17.9 Å². The van der Waals surface area contributed by atoms with Crippen molar-refractivity contribution in [2.75, 3.05) is 12.4 Å². The van der Waals surface area contributed by atoms with Crippen molar-refractivity contribution < 1.29 is 9.53 Å². The van der Waals surface area contributed by atoms with Gasteiger partial charge in [0.25, 0.3) is 0 Å². The molecule has 0 aromatic carbocycles. The van der Waals surface area contributed by atoms with Crippen molar-refractivity contribution >= 4 is 17.5 Å². The van der Waals surface area contributed by atoms with Crippen LogP contribution in [0.1, 0.15) is 60.6 Å². The minimum atomic E-state index is 0.0928. The van der Waals surface area contributed by atoms with E-state index in [0.717, 1.165) is 47.7 Å². The SMILES string of the molecule is COC12CC3C[C@H](C1)C(Nc1c(C(C)=O)cnc4c1C=CC4)[C@@H](C3)C2. The number of methoxy groups -OCH3 is 1. The van der Waals surface area contributed by atoms with Gasteiger partial charge < -0.3 is 10.1 Å². The van der Waals surface area contributed by atoms with Gasteiger partial charge in [-0.05, 0) is 56.8 Å². The average Bonchev–Trinajstić information content (AvgIpc) is 3.06. The molecule has 5 atom stereocenters. The van der Waals surface area contributed by atoms with E-state index in [1.54, 1.807) is 13.1 Å². The number of hydrogen-bond donors (Lipinski definition) is 1. The van der Waals surface area contributed by atoms with Crippen LogP contribution in [0.3, 0.4) is 0 Å². The summed E-state index contributed by atoms with van der Waals surface area (Å²) in [5.74, 6) is 2.22. The molecule has 1 N–H and O–H groups in total. The van der Waals surface area contributed by atoms with Crippen LogP contribution < -0.4 is 5.32 Å². The Kier molecular flexibility index (Phi) is 3.37. The number of hydrogen-bond acceptors (Lipinski definition) is 4. The summed E-state index contributed by atoms with van der Waals surface area (Å²) in [7, 11) is 1.89. The zero-order valence-electron chi connectivity index (χ0n) is 15.0. The van der Waals surface area contributed by atoms with Gasteiger partial charge in [-0.3, -0.25) is 9.78 Å². The zero-order chi connectivity index (χ0) is 17.2. The molecule has 4 nitrogen and oxygen atoms in total. The Morgan fingerprint density at radius 3 is 2.72 bits per heavy atom. The number of rotatable bonds is 4. The molecular weight excluding hydrogens is 312 g/mol. The zero-order valence-corrected chi connectivity index (χ0v) is 15.0. The van der Waals surface area contributed by atoms with Crippen LogP contribution in [0.15, 0.2) is 12.3 Å². The lowest BCUT2D eigenvalue weighted by molar-refractivity contribution is -0.149. The molecule has 1 aromatic rings. The fourth-order valence-electron chi connectivity index (χ4n) is 6.22. The monoisotopic (exact) mass is 338 g/mol. The topological polar surface area (TPSA) is 51.2 Å². The van der Waals surface area contributed by atoms with E-state index in [2.05, 4.69) is 22.5 Å². The number of aromatic nitrogens is 1. The Hall–Kier alpha value is -1.68. The van der Waals surface area contributed by atoms with Gasteiger partial charge in [0.05, 0.1) is 22.5 Å². The van der Waals surface area contributed by atoms with Crippen molar-refractivity contribution in [3.05, 3.63) is 29.1 Å². The first kappa shape index (κ1) is 15.6. The van der Waals surface area contributed by atoms with Crippen molar-refractivity contribution in [3.63, 3.8) is 0 Å². The molecule has 3 unspecified atom stereocenters. The maximum absolute atomic E-state index is 12.2. The maximum Gasteiger partial charge on any atom is 0.163 e. The molecule has 132 valence electrons. The first-order valence-electron chi connectivity index (χ1n) is 9.59. The summed E-state index contributed by atoms with van der Waals surface area (Å²) < 4.78 is 5.98. The number of anilines is 1. The maximum atomic E-state index is 12.2. The van der Waals surface area contributed by atoms with Crippen LogP contribution in [0.5, 0.6) is 0 Å².